The Morgan fingerprint density at radius 2 is 1.76 bits per heavy atom. The van der Waals surface area contributed by atoms with Crippen molar-refractivity contribution in [2.75, 3.05) is 12.3 Å². The first-order valence-electron chi connectivity index (χ1n) is 10.2. The molecule has 0 spiro atoms. The summed E-state index contributed by atoms with van der Waals surface area (Å²) in [5, 5.41) is 2.96. The minimum absolute atomic E-state index is 0.00198. The number of aryl methyl sites for hydroxylation is 1. The zero-order chi connectivity index (χ0) is 21.2. The summed E-state index contributed by atoms with van der Waals surface area (Å²) in [6.07, 6.45) is 0.396. The van der Waals surface area contributed by atoms with E-state index in [4.69, 9.17) is 0 Å². The molecule has 0 bridgehead atoms. The summed E-state index contributed by atoms with van der Waals surface area (Å²) < 4.78 is 0. The van der Waals surface area contributed by atoms with Crippen LogP contribution in [-0.4, -0.2) is 35.1 Å². The van der Waals surface area contributed by atoms with Crippen LogP contribution in [-0.2, 0) is 16.1 Å². The lowest BCUT2D eigenvalue weighted by Crippen LogP contribution is -2.48. The average Bonchev–Trinajstić information content (AvgIpc) is 2.70. The number of carbonyl (C=O) groups is 2. The second kappa shape index (κ2) is 11.7. The maximum Gasteiger partial charge on any atom is 0.242 e. The van der Waals surface area contributed by atoms with Crippen molar-refractivity contribution >= 4 is 23.6 Å². The maximum atomic E-state index is 13.0. The first-order valence-corrected chi connectivity index (χ1v) is 11.2. The quantitative estimate of drug-likeness (QED) is 0.577. The highest BCUT2D eigenvalue weighted by Crippen LogP contribution is 2.19. The molecule has 1 atom stereocenters. The molecular formula is C24H32N2O2S. The van der Waals surface area contributed by atoms with Crippen molar-refractivity contribution in [3.63, 3.8) is 0 Å². The van der Waals surface area contributed by atoms with Gasteiger partial charge >= 0.3 is 0 Å². The van der Waals surface area contributed by atoms with E-state index in [9.17, 15) is 9.59 Å². The Bertz CT molecular complexity index is 792. The summed E-state index contributed by atoms with van der Waals surface area (Å²) in [5.41, 5.74) is 2.18. The topological polar surface area (TPSA) is 49.4 Å². The van der Waals surface area contributed by atoms with Gasteiger partial charge in [-0.2, -0.15) is 0 Å². The third kappa shape index (κ3) is 7.94. The molecule has 0 saturated carbocycles. The predicted octanol–water partition coefficient (Wildman–Crippen LogP) is 4.67. The lowest BCUT2D eigenvalue weighted by Gasteiger charge is -2.29. The van der Waals surface area contributed by atoms with Crippen LogP contribution in [0.3, 0.4) is 0 Å². The number of benzene rings is 2. The van der Waals surface area contributed by atoms with Gasteiger partial charge in [0.05, 0.1) is 0 Å². The van der Waals surface area contributed by atoms with Gasteiger partial charge in [0.25, 0.3) is 0 Å². The predicted molar refractivity (Wildman–Crippen MR) is 121 cm³/mol. The van der Waals surface area contributed by atoms with Gasteiger partial charge in [-0.3, -0.25) is 9.59 Å². The molecule has 1 unspecified atom stereocenters. The summed E-state index contributed by atoms with van der Waals surface area (Å²) in [4.78, 5) is 28.5. The van der Waals surface area contributed by atoms with Gasteiger partial charge in [-0.05, 0) is 37.5 Å². The molecule has 2 aromatic carbocycles. The molecule has 0 fully saturated rings. The van der Waals surface area contributed by atoms with Crippen molar-refractivity contribution in [3.8, 4) is 0 Å². The minimum atomic E-state index is -0.511. The molecule has 0 aliphatic rings. The molecule has 0 saturated heterocycles. The van der Waals surface area contributed by atoms with E-state index in [1.54, 1.807) is 16.7 Å². The van der Waals surface area contributed by atoms with Crippen LogP contribution in [0.4, 0.5) is 0 Å². The zero-order valence-electron chi connectivity index (χ0n) is 17.9. The molecule has 2 rings (SSSR count). The SMILES string of the molecule is Cc1cccc(CN(C(=O)CCSc2ccccc2)C(C)C(=O)NCC(C)C)c1. The van der Waals surface area contributed by atoms with E-state index in [0.717, 1.165) is 16.0 Å². The molecule has 0 radical (unpaired) electrons. The number of hydrogen-bond acceptors (Lipinski definition) is 3. The van der Waals surface area contributed by atoms with Crippen molar-refractivity contribution in [2.45, 2.75) is 51.6 Å². The largest absolute Gasteiger partial charge is 0.354 e. The van der Waals surface area contributed by atoms with Crippen LogP contribution in [0.15, 0.2) is 59.5 Å². The fraction of sp³-hybridized carbons (Fsp3) is 0.417. The third-order valence-corrected chi connectivity index (χ3v) is 5.63. The smallest absolute Gasteiger partial charge is 0.242 e. The highest BCUT2D eigenvalue weighted by Gasteiger charge is 2.25. The first kappa shape index (κ1) is 23.0. The van der Waals surface area contributed by atoms with E-state index in [2.05, 4.69) is 25.2 Å². The van der Waals surface area contributed by atoms with Crippen molar-refractivity contribution in [3.05, 3.63) is 65.7 Å². The van der Waals surface area contributed by atoms with Crippen molar-refractivity contribution < 1.29 is 9.59 Å². The Morgan fingerprint density at radius 1 is 1.03 bits per heavy atom. The van der Waals surface area contributed by atoms with Gasteiger partial charge in [-0.1, -0.05) is 61.9 Å². The highest BCUT2D eigenvalue weighted by atomic mass is 32.2. The molecule has 4 nitrogen and oxygen atoms in total. The summed E-state index contributed by atoms with van der Waals surface area (Å²) in [5.74, 6) is 0.958. The van der Waals surface area contributed by atoms with E-state index in [1.807, 2.05) is 62.4 Å². The highest BCUT2D eigenvalue weighted by molar-refractivity contribution is 7.99. The van der Waals surface area contributed by atoms with E-state index < -0.39 is 6.04 Å². The van der Waals surface area contributed by atoms with Gasteiger partial charge in [-0.15, -0.1) is 11.8 Å². The van der Waals surface area contributed by atoms with Crippen LogP contribution in [0, 0.1) is 12.8 Å². The Morgan fingerprint density at radius 3 is 2.41 bits per heavy atom. The normalized spacial score (nSPS) is 11.9. The number of thioether (sulfide) groups is 1. The lowest BCUT2D eigenvalue weighted by molar-refractivity contribution is -0.140. The van der Waals surface area contributed by atoms with E-state index in [-0.39, 0.29) is 11.8 Å². The maximum absolute atomic E-state index is 13.0. The van der Waals surface area contributed by atoms with Gasteiger partial charge in [-0.25, -0.2) is 0 Å². The number of rotatable bonds is 10. The number of amides is 2. The first-order chi connectivity index (χ1) is 13.9. The van der Waals surface area contributed by atoms with Crippen LogP contribution < -0.4 is 5.32 Å². The molecule has 5 heteroatoms. The molecule has 2 amide bonds. The summed E-state index contributed by atoms with van der Waals surface area (Å²) >= 11 is 1.66. The molecule has 0 aromatic heterocycles. The molecule has 2 aromatic rings. The average molecular weight is 413 g/mol. The van der Waals surface area contributed by atoms with Crippen LogP contribution in [0.5, 0.6) is 0 Å². The van der Waals surface area contributed by atoms with Crippen LogP contribution in [0.1, 0.15) is 38.3 Å². The van der Waals surface area contributed by atoms with Gasteiger partial charge in [0.1, 0.15) is 6.04 Å². The van der Waals surface area contributed by atoms with Gasteiger partial charge in [0.15, 0.2) is 0 Å². The summed E-state index contributed by atoms with van der Waals surface area (Å²) in [6.45, 7) is 9.01. The fourth-order valence-corrected chi connectivity index (χ4v) is 3.82. The molecule has 1 N–H and O–H groups in total. The molecular weight excluding hydrogens is 380 g/mol. The monoisotopic (exact) mass is 412 g/mol. The van der Waals surface area contributed by atoms with Crippen LogP contribution in [0.2, 0.25) is 0 Å². The second-order valence-electron chi connectivity index (χ2n) is 7.74. The van der Waals surface area contributed by atoms with E-state index in [1.165, 1.54) is 0 Å². The minimum Gasteiger partial charge on any atom is -0.354 e. The Balaban J connectivity index is 2.05. The molecule has 29 heavy (non-hydrogen) atoms. The molecule has 0 aliphatic heterocycles. The van der Waals surface area contributed by atoms with Gasteiger partial charge < -0.3 is 10.2 Å². The van der Waals surface area contributed by atoms with Crippen LogP contribution >= 0.6 is 11.8 Å². The molecule has 156 valence electrons. The summed E-state index contributed by atoms with van der Waals surface area (Å²) in [7, 11) is 0. The number of carbonyl (C=O) groups excluding carboxylic acids is 2. The molecule has 0 heterocycles. The lowest BCUT2D eigenvalue weighted by atomic mass is 10.1. The van der Waals surface area contributed by atoms with Crippen molar-refractivity contribution in [1.29, 1.82) is 0 Å². The Labute approximate surface area is 179 Å². The van der Waals surface area contributed by atoms with E-state index in [0.29, 0.717) is 31.2 Å². The Kier molecular flexibility index (Phi) is 9.26. The van der Waals surface area contributed by atoms with Crippen LogP contribution in [0.25, 0.3) is 0 Å². The second-order valence-corrected chi connectivity index (χ2v) is 8.91. The number of hydrogen-bond donors (Lipinski definition) is 1. The third-order valence-electron chi connectivity index (χ3n) is 4.62. The standard InChI is InChI=1S/C24H32N2O2S/c1-18(2)16-25-24(28)20(4)26(17-21-10-8-9-19(3)15-21)23(27)13-14-29-22-11-6-5-7-12-22/h5-12,15,18,20H,13-14,16-17H2,1-4H3,(H,25,28). The number of nitrogens with zero attached hydrogens (tertiary/aromatic N) is 1. The fourth-order valence-electron chi connectivity index (χ4n) is 2.96. The van der Waals surface area contributed by atoms with Gasteiger partial charge in [0, 0.05) is 30.2 Å². The number of nitrogens with one attached hydrogen (secondary N) is 1. The van der Waals surface area contributed by atoms with Crippen molar-refractivity contribution in [2.24, 2.45) is 5.92 Å². The Hall–Kier alpha value is -2.27. The van der Waals surface area contributed by atoms with Crippen molar-refractivity contribution in [1.82, 2.24) is 10.2 Å². The van der Waals surface area contributed by atoms with E-state index >= 15 is 0 Å². The zero-order valence-corrected chi connectivity index (χ0v) is 18.7. The van der Waals surface area contributed by atoms with Gasteiger partial charge in [0.2, 0.25) is 11.8 Å². The summed E-state index contributed by atoms with van der Waals surface area (Å²) in [6, 6.07) is 17.6. The molecule has 0 aliphatic carbocycles.